The maximum Gasteiger partial charge on any atom is 0.198 e. The number of fused-ring (bicyclic) bond motifs is 1. The molecule has 0 radical (unpaired) electrons. The molecule has 21 heavy (non-hydrogen) atoms. The molecule has 0 bridgehead atoms. The fraction of sp³-hybridized carbons (Fsp3) is 0.0625. The third-order valence-corrected chi connectivity index (χ3v) is 3.11. The molecule has 3 aromatic rings. The Morgan fingerprint density at radius 1 is 1.05 bits per heavy atom. The van der Waals surface area contributed by atoms with E-state index in [1.54, 1.807) is 36.5 Å². The van der Waals surface area contributed by atoms with Crippen molar-refractivity contribution in [2.24, 2.45) is 5.73 Å². The van der Waals surface area contributed by atoms with Crippen molar-refractivity contribution in [3.63, 3.8) is 0 Å². The summed E-state index contributed by atoms with van der Waals surface area (Å²) in [4.78, 5) is 4.17. The van der Waals surface area contributed by atoms with E-state index in [2.05, 4.69) is 4.98 Å². The molecule has 2 N–H and O–H groups in total. The van der Waals surface area contributed by atoms with E-state index in [1.807, 2.05) is 0 Å². The summed E-state index contributed by atoms with van der Waals surface area (Å²) in [6.07, 6.45) is 1.64. The molecule has 0 atom stereocenters. The van der Waals surface area contributed by atoms with Gasteiger partial charge in [0.1, 0.15) is 5.75 Å². The molecule has 0 aliphatic carbocycles. The lowest BCUT2D eigenvalue weighted by Gasteiger charge is -2.11. The number of nitrogens with zero attached hydrogens (tertiary/aromatic N) is 1. The number of ether oxygens (including phenoxy) is 1. The second-order valence-electron chi connectivity index (χ2n) is 4.52. The summed E-state index contributed by atoms with van der Waals surface area (Å²) in [6, 6.07) is 11.0. The molecule has 3 nitrogen and oxygen atoms in total. The van der Waals surface area contributed by atoms with Gasteiger partial charge in [-0.1, -0.05) is 6.07 Å². The second-order valence-corrected chi connectivity index (χ2v) is 4.52. The van der Waals surface area contributed by atoms with Crippen molar-refractivity contribution in [3.05, 3.63) is 65.9 Å². The summed E-state index contributed by atoms with van der Waals surface area (Å²) in [5.41, 5.74) is 6.44. The van der Waals surface area contributed by atoms with Gasteiger partial charge in [-0.25, -0.2) is 8.78 Å². The summed E-state index contributed by atoms with van der Waals surface area (Å²) in [5.74, 6) is -1.66. The highest BCUT2D eigenvalue weighted by molar-refractivity contribution is 5.85. The first-order valence-corrected chi connectivity index (χ1v) is 6.38. The fourth-order valence-corrected chi connectivity index (χ4v) is 2.10. The van der Waals surface area contributed by atoms with Gasteiger partial charge in [0.05, 0.1) is 5.52 Å². The maximum absolute atomic E-state index is 13.9. The van der Waals surface area contributed by atoms with E-state index in [0.717, 1.165) is 0 Å². The third-order valence-electron chi connectivity index (χ3n) is 3.11. The average Bonchev–Trinajstić information content (AvgIpc) is 2.50. The number of rotatable bonds is 3. The predicted molar refractivity (Wildman–Crippen MR) is 76.1 cm³/mol. The van der Waals surface area contributed by atoms with Gasteiger partial charge in [-0.15, -0.1) is 0 Å². The van der Waals surface area contributed by atoms with Crippen LogP contribution in [0.2, 0.25) is 0 Å². The highest BCUT2D eigenvalue weighted by Gasteiger charge is 2.14. The Kier molecular flexibility index (Phi) is 3.50. The third kappa shape index (κ3) is 2.55. The van der Waals surface area contributed by atoms with E-state index in [0.29, 0.717) is 22.2 Å². The molecule has 1 aromatic heterocycles. The SMILES string of the molecule is NCc1cc(F)c(Oc2cccc3ncccc23)c(F)c1. The smallest absolute Gasteiger partial charge is 0.198 e. The summed E-state index contributed by atoms with van der Waals surface area (Å²) < 4.78 is 33.3. The first-order chi connectivity index (χ1) is 10.2. The van der Waals surface area contributed by atoms with Gasteiger partial charge in [0.2, 0.25) is 0 Å². The monoisotopic (exact) mass is 286 g/mol. The minimum Gasteiger partial charge on any atom is -0.450 e. The van der Waals surface area contributed by atoms with Crippen LogP contribution in [0.15, 0.2) is 48.7 Å². The minimum absolute atomic E-state index is 0.0618. The van der Waals surface area contributed by atoms with Crippen LogP contribution >= 0.6 is 0 Å². The largest absolute Gasteiger partial charge is 0.450 e. The number of nitrogens with two attached hydrogens (primary N) is 1. The quantitative estimate of drug-likeness (QED) is 0.797. The summed E-state index contributed by atoms with van der Waals surface area (Å²) in [5, 5.41) is 0.682. The van der Waals surface area contributed by atoms with E-state index in [9.17, 15) is 8.78 Å². The van der Waals surface area contributed by atoms with Gasteiger partial charge >= 0.3 is 0 Å². The van der Waals surface area contributed by atoms with Crippen molar-refractivity contribution in [1.29, 1.82) is 0 Å². The van der Waals surface area contributed by atoms with E-state index < -0.39 is 17.4 Å². The Morgan fingerprint density at radius 3 is 2.52 bits per heavy atom. The molecule has 1 heterocycles. The number of pyridine rings is 1. The molecule has 3 rings (SSSR count). The first-order valence-electron chi connectivity index (χ1n) is 6.38. The Balaban J connectivity index is 2.07. The molecule has 0 aliphatic heterocycles. The van der Waals surface area contributed by atoms with Crippen LogP contribution in [0.25, 0.3) is 10.9 Å². The molecule has 0 saturated heterocycles. The average molecular weight is 286 g/mol. The van der Waals surface area contributed by atoms with Crippen molar-refractivity contribution in [3.8, 4) is 11.5 Å². The molecular formula is C16H12F2N2O. The van der Waals surface area contributed by atoms with Gasteiger partial charge in [-0.3, -0.25) is 4.98 Å². The zero-order chi connectivity index (χ0) is 14.8. The van der Waals surface area contributed by atoms with Crippen LogP contribution < -0.4 is 10.5 Å². The molecule has 0 spiro atoms. The van der Waals surface area contributed by atoms with Crippen molar-refractivity contribution in [1.82, 2.24) is 4.98 Å². The van der Waals surface area contributed by atoms with Crippen molar-refractivity contribution >= 4 is 10.9 Å². The lowest BCUT2D eigenvalue weighted by Crippen LogP contribution is -2.00. The Morgan fingerprint density at radius 2 is 1.81 bits per heavy atom. The zero-order valence-corrected chi connectivity index (χ0v) is 11.0. The van der Waals surface area contributed by atoms with Gasteiger partial charge in [-0.2, -0.15) is 0 Å². The number of hydrogen-bond donors (Lipinski definition) is 1. The Hall–Kier alpha value is -2.53. The van der Waals surface area contributed by atoms with Crippen LogP contribution in [0, 0.1) is 11.6 Å². The predicted octanol–water partition coefficient (Wildman–Crippen LogP) is 3.76. The van der Waals surface area contributed by atoms with Crippen molar-refractivity contribution < 1.29 is 13.5 Å². The molecule has 0 saturated carbocycles. The van der Waals surface area contributed by atoms with Crippen LogP contribution in [0.3, 0.4) is 0 Å². The molecule has 0 amide bonds. The number of benzene rings is 2. The van der Waals surface area contributed by atoms with Crippen LogP contribution in [0.1, 0.15) is 5.56 Å². The van der Waals surface area contributed by atoms with Gasteiger partial charge in [0.15, 0.2) is 17.4 Å². The zero-order valence-electron chi connectivity index (χ0n) is 11.0. The normalized spacial score (nSPS) is 10.8. The summed E-state index contributed by atoms with van der Waals surface area (Å²) in [6.45, 7) is 0.0618. The van der Waals surface area contributed by atoms with Crippen molar-refractivity contribution in [2.45, 2.75) is 6.54 Å². The lowest BCUT2D eigenvalue weighted by atomic mass is 10.2. The standard InChI is InChI=1S/C16H12F2N2O/c17-12-7-10(9-19)8-13(18)16(12)21-15-5-1-4-14-11(15)3-2-6-20-14/h1-8H,9,19H2. The summed E-state index contributed by atoms with van der Waals surface area (Å²) >= 11 is 0. The molecule has 0 aliphatic rings. The molecule has 5 heteroatoms. The van der Waals surface area contributed by atoms with Gasteiger partial charge in [-0.05, 0) is 42.0 Å². The second kappa shape index (κ2) is 5.46. The fourth-order valence-electron chi connectivity index (χ4n) is 2.10. The van der Waals surface area contributed by atoms with E-state index in [4.69, 9.17) is 10.5 Å². The van der Waals surface area contributed by atoms with E-state index in [-0.39, 0.29) is 6.54 Å². The van der Waals surface area contributed by atoms with Crippen LogP contribution in [-0.2, 0) is 6.54 Å². The highest BCUT2D eigenvalue weighted by atomic mass is 19.1. The minimum atomic E-state index is -0.781. The summed E-state index contributed by atoms with van der Waals surface area (Å²) in [7, 11) is 0. The molecule has 2 aromatic carbocycles. The number of hydrogen-bond acceptors (Lipinski definition) is 3. The first kappa shape index (κ1) is 13.5. The topological polar surface area (TPSA) is 48.1 Å². The maximum atomic E-state index is 13.9. The van der Waals surface area contributed by atoms with Crippen LogP contribution in [0.4, 0.5) is 8.78 Å². The van der Waals surface area contributed by atoms with Gasteiger partial charge in [0, 0.05) is 18.1 Å². The number of aromatic nitrogens is 1. The molecule has 0 fully saturated rings. The van der Waals surface area contributed by atoms with Crippen LogP contribution in [0.5, 0.6) is 11.5 Å². The Bertz CT molecular complexity index is 777. The van der Waals surface area contributed by atoms with Gasteiger partial charge < -0.3 is 10.5 Å². The molecule has 0 unspecified atom stereocenters. The number of halogens is 2. The van der Waals surface area contributed by atoms with Crippen LogP contribution in [-0.4, -0.2) is 4.98 Å². The van der Waals surface area contributed by atoms with E-state index >= 15 is 0 Å². The molecular weight excluding hydrogens is 274 g/mol. The Labute approximate surface area is 120 Å². The van der Waals surface area contributed by atoms with Gasteiger partial charge in [0.25, 0.3) is 0 Å². The lowest BCUT2D eigenvalue weighted by molar-refractivity contribution is 0.410. The van der Waals surface area contributed by atoms with Crippen molar-refractivity contribution in [2.75, 3.05) is 0 Å². The van der Waals surface area contributed by atoms with E-state index in [1.165, 1.54) is 12.1 Å². The molecule has 106 valence electrons. The highest BCUT2D eigenvalue weighted by Crippen LogP contribution is 2.32.